The zero-order chi connectivity index (χ0) is 17.8. The number of esters is 1. The van der Waals surface area contributed by atoms with E-state index in [0.29, 0.717) is 19.6 Å². The lowest BCUT2D eigenvalue weighted by atomic mass is 9.90. The predicted octanol–water partition coefficient (Wildman–Crippen LogP) is 2.31. The standard InChI is InChI=1S/C19H26N2O4/c1-2-24-18(22)16(14-8-9-14)17-15(20)10-11-21(17)19(23)25-12-13-6-4-3-5-7-13/h3-7,14-17H,2,8-12,20H2,1H3. The molecule has 6 nitrogen and oxygen atoms in total. The molecule has 6 heteroatoms. The summed E-state index contributed by atoms with van der Waals surface area (Å²) in [6, 6.07) is 8.98. The van der Waals surface area contributed by atoms with Crippen LogP contribution in [-0.2, 0) is 20.9 Å². The molecule has 3 unspecified atom stereocenters. The lowest BCUT2D eigenvalue weighted by Gasteiger charge is -2.32. The largest absolute Gasteiger partial charge is 0.466 e. The summed E-state index contributed by atoms with van der Waals surface area (Å²) in [5.41, 5.74) is 7.19. The molecule has 1 aliphatic heterocycles. The van der Waals surface area contributed by atoms with Gasteiger partial charge in [-0.1, -0.05) is 30.3 Å². The third-order valence-corrected chi connectivity index (χ3v) is 5.00. The molecule has 2 N–H and O–H groups in total. The van der Waals surface area contributed by atoms with Crippen LogP contribution in [0.2, 0.25) is 0 Å². The predicted molar refractivity (Wildman–Crippen MR) is 92.6 cm³/mol. The summed E-state index contributed by atoms with van der Waals surface area (Å²) in [7, 11) is 0. The van der Waals surface area contributed by atoms with Gasteiger partial charge in [-0.05, 0) is 37.7 Å². The lowest BCUT2D eigenvalue weighted by Crippen LogP contribution is -2.51. The summed E-state index contributed by atoms with van der Waals surface area (Å²) >= 11 is 0. The Balaban J connectivity index is 1.68. The molecule has 1 amide bonds. The van der Waals surface area contributed by atoms with Gasteiger partial charge in [-0.2, -0.15) is 0 Å². The molecular formula is C19H26N2O4. The van der Waals surface area contributed by atoms with E-state index in [9.17, 15) is 9.59 Å². The van der Waals surface area contributed by atoms with E-state index in [1.54, 1.807) is 11.8 Å². The van der Waals surface area contributed by atoms with Gasteiger partial charge in [0.25, 0.3) is 0 Å². The summed E-state index contributed by atoms with van der Waals surface area (Å²) in [6.45, 7) is 2.86. The van der Waals surface area contributed by atoms with Crippen molar-refractivity contribution in [1.29, 1.82) is 0 Å². The molecule has 0 radical (unpaired) electrons. The van der Waals surface area contributed by atoms with Crippen LogP contribution in [0.15, 0.2) is 30.3 Å². The van der Waals surface area contributed by atoms with Crippen molar-refractivity contribution in [3.05, 3.63) is 35.9 Å². The minimum absolute atomic E-state index is 0.214. The normalized spacial score (nSPS) is 24.0. The maximum atomic E-state index is 12.6. The fourth-order valence-electron chi connectivity index (χ4n) is 3.62. The molecule has 1 heterocycles. The van der Waals surface area contributed by atoms with Gasteiger partial charge in [-0.15, -0.1) is 0 Å². The van der Waals surface area contributed by atoms with Crippen molar-refractivity contribution in [3.63, 3.8) is 0 Å². The zero-order valence-electron chi connectivity index (χ0n) is 14.6. The number of hydrogen-bond donors (Lipinski definition) is 1. The van der Waals surface area contributed by atoms with Crippen LogP contribution in [0.4, 0.5) is 4.79 Å². The number of carbonyl (C=O) groups excluding carboxylic acids is 2. The Labute approximate surface area is 148 Å². The Morgan fingerprint density at radius 1 is 1.20 bits per heavy atom. The first-order valence-electron chi connectivity index (χ1n) is 9.01. The monoisotopic (exact) mass is 346 g/mol. The molecular weight excluding hydrogens is 320 g/mol. The van der Waals surface area contributed by atoms with Gasteiger partial charge in [0.15, 0.2) is 0 Å². The lowest BCUT2D eigenvalue weighted by molar-refractivity contribution is -0.151. The van der Waals surface area contributed by atoms with Gasteiger partial charge in [-0.25, -0.2) is 4.79 Å². The third-order valence-electron chi connectivity index (χ3n) is 5.00. The number of ether oxygens (including phenoxy) is 2. The number of nitrogens with zero attached hydrogens (tertiary/aromatic N) is 1. The first-order valence-corrected chi connectivity index (χ1v) is 9.01. The van der Waals surface area contributed by atoms with Gasteiger partial charge in [0.1, 0.15) is 6.61 Å². The second-order valence-corrected chi connectivity index (χ2v) is 6.79. The Bertz CT molecular complexity index is 603. The molecule has 2 aliphatic rings. The van der Waals surface area contributed by atoms with Gasteiger partial charge in [0.05, 0.1) is 18.6 Å². The number of amides is 1. The molecule has 1 saturated carbocycles. The van der Waals surface area contributed by atoms with Crippen LogP contribution in [0.3, 0.4) is 0 Å². The van der Waals surface area contributed by atoms with Gasteiger partial charge in [-0.3, -0.25) is 4.79 Å². The van der Waals surface area contributed by atoms with Gasteiger partial charge >= 0.3 is 12.1 Å². The zero-order valence-corrected chi connectivity index (χ0v) is 14.6. The highest BCUT2D eigenvalue weighted by Gasteiger charge is 2.50. The van der Waals surface area contributed by atoms with Crippen LogP contribution in [0.5, 0.6) is 0 Å². The number of hydrogen-bond acceptors (Lipinski definition) is 5. The Morgan fingerprint density at radius 2 is 1.92 bits per heavy atom. The minimum Gasteiger partial charge on any atom is -0.466 e. The Hall–Kier alpha value is -2.08. The van der Waals surface area contributed by atoms with Gasteiger partial charge in [0.2, 0.25) is 0 Å². The van der Waals surface area contributed by atoms with Gasteiger partial charge < -0.3 is 20.1 Å². The molecule has 2 fully saturated rings. The quantitative estimate of drug-likeness (QED) is 0.800. The molecule has 0 spiro atoms. The van der Waals surface area contributed by atoms with E-state index in [4.69, 9.17) is 15.2 Å². The van der Waals surface area contributed by atoms with E-state index in [1.165, 1.54) is 0 Å². The van der Waals surface area contributed by atoms with Crippen LogP contribution in [0.1, 0.15) is 31.7 Å². The Kier molecular flexibility index (Phi) is 5.58. The van der Waals surface area contributed by atoms with E-state index in [2.05, 4.69) is 0 Å². The van der Waals surface area contributed by atoms with Crippen molar-refractivity contribution in [2.75, 3.05) is 13.2 Å². The molecule has 136 valence electrons. The van der Waals surface area contributed by atoms with Crippen molar-refractivity contribution in [1.82, 2.24) is 4.90 Å². The van der Waals surface area contributed by atoms with E-state index < -0.39 is 6.09 Å². The SMILES string of the molecule is CCOC(=O)C(C1CC1)C1C(N)CCN1C(=O)OCc1ccccc1. The fraction of sp³-hybridized carbons (Fsp3) is 0.579. The number of rotatable bonds is 6. The van der Waals surface area contributed by atoms with E-state index in [0.717, 1.165) is 18.4 Å². The number of nitrogens with two attached hydrogens (primary N) is 1. The Morgan fingerprint density at radius 3 is 2.56 bits per heavy atom. The molecule has 3 rings (SSSR count). The van der Waals surface area contributed by atoms with Crippen molar-refractivity contribution in [3.8, 4) is 0 Å². The van der Waals surface area contributed by atoms with E-state index >= 15 is 0 Å². The smallest absolute Gasteiger partial charge is 0.410 e. The molecule has 0 aromatic heterocycles. The van der Waals surface area contributed by atoms with Crippen LogP contribution >= 0.6 is 0 Å². The van der Waals surface area contributed by atoms with Crippen LogP contribution in [0, 0.1) is 11.8 Å². The highest BCUT2D eigenvalue weighted by molar-refractivity contribution is 5.76. The molecule has 25 heavy (non-hydrogen) atoms. The average molecular weight is 346 g/mol. The van der Waals surface area contributed by atoms with Gasteiger partial charge in [0, 0.05) is 12.6 Å². The van der Waals surface area contributed by atoms with Crippen molar-refractivity contribution >= 4 is 12.1 Å². The highest BCUT2D eigenvalue weighted by atomic mass is 16.6. The first-order chi connectivity index (χ1) is 12.1. The molecule has 1 aromatic rings. The summed E-state index contributed by atoms with van der Waals surface area (Å²) < 4.78 is 10.7. The molecule has 1 aromatic carbocycles. The maximum Gasteiger partial charge on any atom is 0.410 e. The number of benzene rings is 1. The second-order valence-electron chi connectivity index (χ2n) is 6.79. The highest BCUT2D eigenvalue weighted by Crippen LogP contribution is 2.43. The first kappa shape index (κ1) is 17.7. The maximum absolute atomic E-state index is 12.6. The summed E-state index contributed by atoms with van der Waals surface area (Å²) in [5, 5.41) is 0. The second kappa shape index (κ2) is 7.87. The molecule has 0 bridgehead atoms. The topological polar surface area (TPSA) is 81.9 Å². The van der Waals surface area contributed by atoms with Crippen LogP contribution in [-0.4, -0.2) is 42.2 Å². The molecule has 3 atom stereocenters. The van der Waals surface area contributed by atoms with Crippen LogP contribution < -0.4 is 5.73 Å². The fourth-order valence-corrected chi connectivity index (χ4v) is 3.62. The van der Waals surface area contributed by atoms with Crippen molar-refractivity contribution in [2.45, 2.75) is 44.9 Å². The van der Waals surface area contributed by atoms with E-state index in [1.807, 2.05) is 30.3 Å². The average Bonchev–Trinajstić information content (AvgIpc) is 3.38. The van der Waals surface area contributed by atoms with Crippen molar-refractivity contribution < 1.29 is 19.1 Å². The number of likely N-dealkylation sites (tertiary alicyclic amines) is 1. The third kappa shape index (κ3) is 4.12. The molecule has 1 aliphatic carbocycles. The summed E-state index contributed by atoms with van der Waals surface area (Å²) in [4.78, 5) is 26.7. The van der Waals surface area contributed by atoms with Crippen molar-refractivity contribution in [2.24, 2.45) is 17.6 Å². The minimum atomic E-state index is -0.406. The number of carbonyl (C=O) groups is 2. The molecule has 1 saturated heterocycles. The summed E-state index contributed by atoms with van der Waals surface area (Å²) in [5.74, 6) is -0.326. The summed E-state index contributed by atoms with van der Waals surface area (Å²) in [6.07, 6.45) is 2.24. The van der Waals surface area contributed by atoms with Crippen LogP contribution in [0.25, 0.3) is 0 Å². The van der Waals surface area contributed by atoms with E-state index in [-0.39, 0.29) is 36.5 Å².